The van der Waals surface area contributed by atoms with Gasteiger partial charge in [0.25, 0.3) is 0 Å². The number of hydrogen-bond donors (Lipinski definition) is 0. The zero-order valence-corrected chi connectivity index (χ0v) is 7.81. The standard InChI is InChI=1S/C11H9N3/c1-2-3-10-4-6-11(7-5-10)14-8-12-13-9-14/h4-9H,1H3. The third-order valence-corrected chi connectivity index (χ3v) is 1.85. The molecule has 0 saturated heterocycles. The molecule has 0 aliphatic heterocycles. The maximum Gasteiger partial charge on any atom is 0.123 e. The van der Waals surface area contributed by atoms with E-state index in [9.17, 15) is 0 Å². The van der Waals surface area contributed by atoms with Gasteiger partial charge in [0.1, 0.15) is 12.7 Å². The highest BCUT2D eigenvalue weighted by atomic mass is 15.2. The maximum atomic E-state index is 3.74. The van der Waals surface area contributed by atoms with Gasteiger partial charge in [-0.2, -0.15) is 0 Å². The minimum absolute atomic E-state index is 1.02. The second-order valence-corrected chi connectivity index (χ2v) is 2.79. The summed E-state index contributed by atoms with van der Waals surface area (Å²) in [5.74, 6) is 5.85. The fourth-order valence-corrected chi connectivity index (χ4v) is 1.20. The molecule has 0 amide bonds. The molecule has 1 aromatic heterocycles. The van der Waals surface area contributed by atoms with Gasteiger partial charge in [-0.3, -0.25) is 4.57 Å². The van der Waals surface area contributed by atoms with Gasteiger partial charge < -0.3 is 0 Å². The molecule has 0 radical (unpaired) electrons. The minimum atomic E-state index is 1.02. The molecule has 2 aromatic rings. The first kappa shape index (κ1) is 8.52. The summed E-state index contributed by atoms with van der Waals surface area (Å²) < 4.78 is 1.85. The Morgan fingerprint density at radius 2 is 1.71 bits per heavy atom. The Labute approximate surface area is 82.4 Å². The van der Waals surface area contributed by atoms with Crippen molar-refractivity contribution in [3.63, 3.8) is 0 Å². The highest BCUT2D eigenvalue weighted by molar-refractivity contribution is 5.41. The molecule has 2 rings (SSSR count). The van der Waals surface area contributed by atoms with E-state index in [1.165, 1.54) is 0 Å². The van der Waals surface area contributed by atoms with Gasteiger partial charge in [0.15, 0.2) is 0 Å². The van der Waals surface area contributed by atoms with Crippen LogP contribution in [-0.4, -0.2) is 14.8 Å². The Balaban J connectivity index is 2.34. The molecule has 1 aromatic carbocycles. The summed E-state index contributed by atoms with van der Waals surface area (Å²) in [6, 6.07) is 7.93. The van der Waals surface area contributed by atoms with E-state index in [1.807, 2.05) is 35.8 Å². The number of benzene rings is 1. The van der Waals surface area contributed by atoms with Gasteiger partial charge in [0.2, 0.25) is 0 Å². The highest BCUT2D eigenvalue weighted by Crippen LogP contribution is 2.07. The first-order valence-electron chi connectivity index (χ1n) is 4.28. The zero-order valence-electron chi connectivity index (χ0n) is 7.81. The Bertz CT molecular complexity index is 457. The van der Waals surface area contributed by atoms with Crippen molar-refractivity contribution in [3.05, 3.63) is 42.5 Å². The predicted octanol–water partition coefficient (Wildman–Crippen LogP) is 1.64. The number of rotatable bonds is 1. The van der Waals surface area contributed by atoms with Crippen molar-refractivity contribution in [2.45, 2.75) is 6.92 Å². The van der Waals surface area contributed by atoms with Gasteiger partial charge in [0.05, 0.1) is 0 Å². The van der Waals surface area contributed by atoms with E-state index < -0.39 is 0 Å². The van der Waals surface area contributed by atoms with E-state index in [0.29, 0.717) is 0 Å². The Morgan fingerprint density at radius 1 is 1.07 bits per heavy atom. The second kappa shape index (κ2) is 3.75. The summed E-state index contributed by atoms with van der Waals surface area (Å²) in [6.45, 7) is 1.83. The van der Waals surface area contributed by atoms with Gasteiger partial charge in [-0.05, 0) is 31.2 Å². The Kier molecular flexibility index (Phi) is 2.28. The largest absolute Gasteiger partial charge is 0.288 e. The first-order chi connectivity index (χ1) is 6.90. The number of aromatic nitrogens is 3. The molecule has 0 aliphatic rings. The molecular weight excluding hydrogens is 174 g/mol. The first-order valence-corrected chi connectivity index (χ1v) is 4.28. The van der Waals surface area contributed by atoms with Crippen LogP contribution in [0.4, 0.5) is 0 Å². The van der Waals surface area contributed by atoms with Crippen LogP contribution in [0.2, 0.25) is 0 Å². The molecule has 0 aliphatic carbocycles. The molecule has 14 heavy (non-hydrogen) atoms. The zero-order chi connectivity index (χ0) is 9.80. The molecule has 3 heteroatoms. The van der Waals surface area contributed by atoms with Crippen molar-refractivity contribution in [1.29, 1.82) is 0 Å². The van der Waals surface area contributed by atoms with Crippen molar-refractivity contribution < 1.29 is 0 Å². The average Bonchev–Trinajstić information content (AvgIpc) is 2.72. The smallest absolute Gasteiger partial charge is 0.123 e. The number of hydrogen-bond acceptors (Lipinski definition) is 2. The second-order valence-electron chi connectivity index (χ2n) is 2.79. The van der Waals surface area contributed by atoms with Crippen LogP contribution in [0, 0.1) is 11.8 Å². The van der Waals surface area contributed by atoms with E-state index in [-0.39, 0.29) is 0 Å². The van der Waals surface area contributed by atoms with Crippen molar-refractivity contribution >= 4 is 0 Å². The van der Waals surface area contributed by atoms with Crippen LogP contribution in [0.1, 0.15) is 12.5 Å². The lowest BCUT2D eigenvalue weighted by Gasteiger charge is -1.99. The molecule has 68 valence electrons. The van der Waals surface area contributed by atoms with E-state index in [0.717, 1.165) is 11.3 Å². The Hall–Kier alpha value is -2.08. The fourth-order valence-electron chi connectivity index (χ4n) is 1.20. The van der Waals surface area contributed by atoms with Crippen molar-refractivity contribution in [2.75, 3.05) is 0 Å². The van der Waals surface area contributed by atoms with E-state index in [4.69, 9.17) is 0 Å². The van der Waals surface area contributed by atoms with Gasteiger partial charge in [-0.1, -0.05) is 5.92 Å². The normalized spacial score (nSPS) is 9.21. The molecule has 3 nitrogen and oxygen atoms in total. The highest BCUT2D eigenvalue weighted by Gasteiger charge is 1.94. The third-order valence-electron chi connectivity index (χ3n) is 1.85. The molecule has 1 heterocycles. The van der Waals surface area contributed by atoms with Crippen LogP contribution in [0.25, 0.3) is 5.69 Å². The molecular formula is C11H9N3. The van der Waals surface area contributed by atoms with Crippen LogP contribution in [0.3, 0.4) is 0 Å². The fraction of sp³-hybridized carbons (Fsp3) is 0.0909. The minimum Gasteiger partial charge on any atom is -0.288 e. The summed E-state index contributed by atoms with van der Waals surface area (Å²) >= 11 is 0. The third kappa shape index (κ3) is 1.64. The quantitative estimate of drug-likeness (QED) is 0.629. The topological polar surface area (TPSA) is 30.7 Å². The van der Waals surface area contributed by atoms with Gasteiger partial charge in [-0.25, -0.2) is 0 Å². The molecule has 0 fully saturated rings. The SMILES string of the molecule is CC#Cc1ccc(-n2cnnc2)cc1. The van der Waals surface area contributed by atoms with Crippen molar-refractivity contribution in [1.82, 2.24) is 14.8 Å². The van der Waals surface area contributed by atoms with Crippen LogP contribution in [0.15, 0.2) is 36.9 Å². The molecule has 0 atom stereocenters. The van der Waals surface area contributed by atoms with E-state index in [1.54, 1.807) is 12.7 Å². The average molecular weight is 183 g/mol. The van der Waals surface area contributed by atoms with Gasteiger partial charge >= 0.3 is 0 Å². The van der Waals surface area contributed by atoms with Crippen LogP contribution >= 0.6 is 0 Å². The molecule has 0 bridgehead atoms. The van der Waals surface area contributed by atoms with Crippen LogP contribution in [0.5, 0.6) is 0 Å². The van der Waals surface area contributed by atoms with E-state index in [2.05, 4.69) is 22.0 Å². The molecule has 0 spiro atoms. The van der Waals surface area contributed by atoms with Gasteiger partial charge in [-0.15, -0.1) is 16.1 Å². The lowest BCUT2D eigenvalue weighted by atomic mass is 10.2. The summed E-state index contributed by atoms with van der Waals surface area (Å²) in [7, 11) is 0. The summed E-state index contributed by atoms with van der Waals surface area (Å²) in [4.78, 5) is 0. The lowest BCUT2D eigenvalue weighted by molar-refractivity contribution is 1.06. The lowest BCUT2D eigenvalue weighted by Crippen LogP contribution is -1.89. The molecule has 0 N–H and O–H groups in total. The molecule has 0 unspecified atom stereocenters. The van der Waals surface area contributed by atoms with Gasteiger partial charge in [0, 0.05) is 11.3 Å². The van der Waals surface area contributed by atoms with Crippen molar-refractivity contribution in [2.24, 2.45) is 0 Å². The van der Waals surface area contributed by atoms with E-state index >= 15 is 0 Å². The van der Waals surface area contributed by atoms with Crippen molar-refractivity contribution in [3.8, 4) is 17.5 Å². The van der Waals surface area contributed by atoms with Crippen LogP contribution in [-0.2, 0) is 0 Å². The molecule has 0 saturated carbocycles. The maximum absolute atomic E-state index is 3.74. The Morgan fingerprint density at radius 3 is 2.29 bits per heavy atom. The predicted molar refractivity (Wildman–Crippen MR) is 53.9 cm³/mol. The monoisotopic (exact) mass is 183 g/mol. The number of nitrogens with zero attached hydrogens (tertiary/aromatic N) is 3. The summed E-state index contributed by atoms with van der Waals surface area (Å²) in [5, 5.41) is 7.48. The summed E-state index contributed by atoms with van der Waals surface area (Å²) in [5.41, 5.74) is 2.06. The summed E-state index contributed by atoms with van der Waals surface area (Å²) in [6.07, 6.45) is 3.33. The van der Waals surface area contributed by atoms with Crippen LogP contribution < -0.4 is 0 Å².